The lowest BCUT2D eigenvalue weighted by atomic mass is 9.84. The zero-order valence-electron chi connectivity index (χ0n) is 15.2. The van der Waals surface area contributed by atoms with E-state index in [-0.39, 0.29) is 12.6 Å². The van der Waals surface area contributed by atoms with Crippen molar-refractivity contribution in [3.8, 4) is 5.88 Å². The van der Waals surface area contributed by atoms with Crippen molar-refractivity contribution < 1.29 is 9.84 Å². The number of benzene rings is 1. The van der Waals surface area contributed by atoms with Crippen LogP contribution in [0.1, 0.15) is 62.7 Å². The van der Waals surface area contributed by atoms with Crippen LogP contribution in [0.25, 0.3) is 0 Å². The van der Waals surface area contributed by atoms with Gasteiger partial charge in [-0.15, -0.1) is 0 Å². The second kappa shape index (κ2) is 9.04. The molecule has 0 saturated heterocycles. The van der Waals surface area contributed by atoms with E-state index in [1.54, 1.807) is 0 Å². The van der Waals surface area contributed by atoms with Crippen LogP contribution in [0.3, 0.4) is 0 Å². The molecule has 136 valence electrons. The Balaban J connectivity index is 1.80. The third kappa shape index (κ3) is 4.63. The normalized spacial score (nSPS) is 16.7. The van der Waals surface area contributed by atoms with Crippen molar-refractivity contribution >= 4 is 0 Å². The first-order valence-electron chi connectivity index (χ1n) is 9.67. The van der Waals surface area contributed by atoms with Crippen LogP contribution in [0.15, 0.2) is 36.4 Å². The van der Waals surface area contributed by atoms with Crippen molar-refractivity contribution in [2.45, 2.75) is 64.5 Å². The summed E-state index contributed by atoms with van der Waals surface area (Å²) in [6.07, 6.45) is 8.17. The second-order valence-electron chi connectivity index (χ2n) is 7.09. The summed E-state index contributed by atoms with van der Waals surface area (Å²) in [5, 5.41) is 14.9. The van der Waals surface area contributed by atoms with Crippen LogP contribution in [0.4, 0.5) is 0 Å². The number of rotatable bonds is 8. The van der Waals surface area contributed by atoms with E-state index < -0.39 is 0 Å². The molecule has 25 heavy (non-hydrogen) atoms. The molecule has 1 atom stereocenters. The Morgan fingerprint density at radius 2 is 1.96 bits per heavy atom. The molecule has 4 heteroatoms. The van der Waals surface area contributed by atoms with Gasteiger partial charge in [-0.2, -0.15) is 5.10 Å². The smallest absolute Gasteiger partial charge is 0.212 e. The van der Waals surface area contributed by atoms with Gasteiger partial charge in [0.05, 0.1) is 18.3 Å². The summed E-state index contributed by atoms with van der Waals surface area (Å²) in [5.74, 6) is 1.28. The Kier molecular flexibility index (Phi) is 6.51. The van der Waals surface area contributed by atoms with Crippen molar-refractivity contribution in [3.05, 3.63) is 47.7 Å². The molecular weight excluding hydrogens is 312 g/mol. The maximum absolute atomic E-state index is 10.1. The largest absolute Gasteiger partial charge is 0.473 e. The number of aliphatic hydroxyl groups is 1. The van der Waals surface area contributed by atoms with E-state index in [0.29, 0.717) is 12.5 Å². The minimum Gasteiger partial charge on any atom is -0.473 e. The van der Waals surface area contributed by atoms with E-state index in [1.165, 1.54) is 32.1 Å². The maximum atomic E-state index is 10.1. The monoisotopic (exact) mass is 342 g/mol. The second-order valence-corrected chi connectivity index (χ2v) is 7.09. The van der Waals surface area contributed by atoms with Gasteiger partial charge in [-0.1, -0.05) is 62.9 Å². The predicted octanol–water partition coefficient (Wildman–Crippen LogP) is 4.53. The molecule has 1 heterocycles. The first kappa shape index (κ1) is 18.0. The van der Waals surface area contributed by atoms with Crippen molar-refractivity contribution in [2.24, 2.45) is 5.92 Å². The maximum Gasteiger partial charge on any atom is 0.212 e. The number of hydrogen-bond donors (Lipinski definition) is 1. The third-order valence-corrected chi connectivity index (χ3v) is 5.18. The van der Waals surface area contributed by atoms with Crippen LogP contribution in [-0.2, 0) is 13.0 Å². The Morgan fingerprint density at radius 1 is 1.20 bits per heavy atom. The molecule has 3 rings (SSSR count). The van der Waals surface area contributed by atoms with E-state index >= 15 is 0 Å². The van der Waals surface area contributed by atoms with Crippen molar-refractivity contribution in [2.75, 3.05) is 6.61 Å². The highest BCUT2D eigenvalue weighted by Gasteiger charge is 2.27. The Morgan fingerprint density at radius 3 is 2.64 bits per heavy atom. The molecule has 0 radical (unpaired) electrons. The molecule has 1 saturated carbocycles. The molecule has 0 bridgehead atoms. The fraction of sp³-hybridized carbons (Fsp3) is 0.571. The van der Waals surface area contributed by atoms with Gasteiger partial charge in [0.15, 0.2) is 0 Å². The minimum atomic E-state index is 0.0247. The Hall–Kier alpha value is -1.81. The number of nitrogens with zero attached hydrogens (tertiary/aromatic N) is 2. The van der Waals surface area contributed by atoms with Gasteiger partial charge in [0.1, 0.15) is 6.61 Å². The summed E-state index contributed by atoms with van der Waals surface area (Å²) in [6.45, 7) is 2.81. The van der Waals surface area contributed by atoms with Gasteiger partial charge in [0.2, 0.25) is 5.88 Å². The Bertz CT molecular complexity index is 633. The highest BCUT2D eigenvalue weighted by Crippen LogP contribution is 2.35. The van der Waals surface area contributed by atoms with Crippen molar-refractivity contribution in [1.29, 1.82) is 0 Å². The van der Waals surface area contributed by atoms with Crippen molar-refractivity contribution in [3.63, 3.8) is 0 Å². The molecule has 4 nitrogen and oxygen atoms in total. The molecule has 1 aliphatic rings. The number of aryl methyl sites for hydroxylation is 1. The molecule has 0 aliphatic heterocycles. The highest BCUT2D eigenvalue weighted by atomic mass is 16.5. The average Bonchev–Trinajstić information content (AvgIpc) is 3.05. The molecule has 1 aromatic heterocycles. The van der Waals surface area contributed by atoms with Gasteiger partial charge < -0.3 is 9.84 Å². The van der Waals surface area contributed by atoms with Gasteiger partial charge in [-0.05, 0) is 30.7 Å². The zero-order valence-corrected chi connectivity index (χ0v) is 15.2. The van der Waals surface area contributed by atoms with Crippen LogP contribution in [-0.4, -0.2) is 21.5 Å². The summed E-state index contributed by atoms with van der Waals surface area (Å²) in [6, 6.07) is 12.3. The lowest BCUT2D eigenvalue weighted by molar-refractivity contribution is 0.128. The quantitative estimate of drug-likeness (QED) is 0.767. The lowest BCUT2D eigenvalue weighted by Crippen LogP contribution is -2.26. The fourth-order valence-corrected chi connectivity index (χ4v) is 3.83. The van der Waals surface area contributed by atoms with Crippen LogP contribution in [0.5, 0.6) is 5.88 Å². The number of aliphatic hydroxyl groups excluding tert-OH is 1. The van der Waals surface area contributed by atoms with Crippen molar-refractivity contribution in [1.82, 2.24) is 9.78 Å². The first-order chi connectivity index (χ1) is 12.3. The first-order valence-corrected chi connectivity index (χ1v) is 9.67. The predicted molar refractivity (Wildman–Crippen MR) is 99.7 cm³/mol. The summed E-state index contributed by atoms with van der Waals surface area (Å²) < 4.78 is 8.08. The zero-order chi connectivity index (χ0) is 17.5. The Labute approximate surface area is 150 Å². The summed E-state index contributed by atoms with van der Waals surface area (Å²) in [5.41, 5.74) is 2.20. The number of ether oxygens (including phenoxy) is 1. The van der Waals surface area contributed by atoms with Gasteiger partial charge in [0.25, 0.3) is 0 Å². The molecule has 0 amide bonds. The standard InChI is InChI=1S/C21H30N2O2/c1-2-9-19-14-21(25-16-17-10-5-3-6-11-17)23(22-19)20(15-24)18-12-7-4-8-13-18/h3,5-6,10-11,14,18,20,24H,2,4,7-9,12-13,15-16H2,1H3. The highest BCUT2D eigenvalue weighted by molar-refractivity contribution is 5.20. The average molecular weight is 342 g/mol. The number of aromatic nitrogens is 2. The SMILES string of the molecule is CCCc1cc(OCc2ccccc2)n(C(CO)C2CCCCC2)n1. The minimum absolute atomic E-state index is 0.0247. The molecular formula is C21H30N2O2. The van der Waals surface area contributed by atoms with E-state index in [0.717, 1.165) is 30.0 Å². The third-order valence-electron chi connectivity index (χ3n) is 5.18. The van der Waals surface area contributed by atoms with E-state index in [9.17, 15) is 5.11 Å². The van der Waals surface area contributed by atoms with E-state index in [4.69, 9.17) is 9.84 Å². The lowest BCUT2D eigenvalue weighted by Gasteiger charge is -2.30. The van der Waals surface area contributed by atoms with E-state index in [2.05, 4.69) is 25.1 Å². The fourth-order valence-electron chi connectivity index (χ4n) is 3.83. The molecule has 2 aromatic rings. The molecule has 1 unspecified atom stereocenters. The van der Waals surface area contributed by atoms with Gasteiger partial charge in [0, 0.05) is 6.07 Å². The van der Waals surface area contributed by atoms with Gasteiger partial charge in [-0.3, -0.25) is 0 Å². The van der Waals surface area contributed by atoms with E-state index in [1.807, 2.05) is 22.9 Å². The summed E-state index contributed by atoms with van der Waals surface area (Å²) in [7, 11) is 0. The molecule has 1 aliphatic carbocycles. The van der Waals surface area contributed by atoms with Crippen LogP contribution >= 0.6 is 0 Å². The topological polar surface area (TPSA) is 47.3 Å². The molecule has 0 spiro atoms. The molecule has 1 N–H and O–H groups in total. The summed E-state index contributed by atoms with van der Waals surface area (Å²) >= 11 is 0. The van der Waals surface area contributed by atoms with Gasteiger partial charge in [-0.25, -0.2) is 4.68 Å². The number of hydrogen-bond acceptors (Lipinski definition) is 3. The van der Waals surface area contributed by atoms with Crippen LogP contribution in [0.2, 0.25) is 0 Å². The van der Waals surface area contributed by atoms with Gasteiger partial charge >= 0.3 is 0 Å². The van der Waals surface area contributed by atoms with Crippen LogP contribution in [0, 0.1) is 5.92 Å². The molecule has 1 aromatic carbocycles. The summed E-state index contributed by atoms with van der Waals surface area (Å²) in [4.78, 5) is 0. The van der Waals surface area contributed by atoms with Crippen LogP contribution < -0.4 is 4.74 Å². The molecule has 1 fully saturated rings.